The van der Waals surface area contributed by atoms with Gasteiger partial charge in [0.1, 0.15) is 43.2 Å². The second-order valence-corrected chi connectivity index (χ2v) is 16.9. The molecule has 6 N–H and O–H groups in total. The number of esters is 2. The number of carbonyl (C=O) groups excluding carboxylic acids is 2. The van der Waals surface area contributed by atoms with E-state index in [9.17, 15) is 44.6 Å². The summed E-state index contributed by atoms with van der Waals surface area (Å²) in [4.78, 5) is 35.6. The average Bonchev–Trinajstić information content (AvgIpc) is 3.21. The van der Waals surface area contributed by atoms with Gasteiger partial charge in [-0.1, -0.05) is 127 Å². The van der Waals surface area contributed by atoms with Crippen LogP contribution >= 0.6 is 7.82 Å². The Morgan fingerprint density at radius 2 is 0.915 bits per heavy atom. The van der Waals surface area contributed by atoms with E-state index in [4.69, 9.17) is 18.5 Å². The number of carbonyl (C=O) groups is 2. The largest absolute Gasteiger partial charge is 0.472 e. The predicted molar refractivity (Wildman–Crippen MR) is 230 cm³/mol. The van der Waals surface area contributed by atoms with Crippen molar-refractivity contribution in [3.63, 3.8) is 0 Å². The Balaban J connectivity index is 2.51. The van der Waals surface area contributed by atoms with Crippen LogP contribution in [0.2, 0.25) is 0 Å². The van der Waals surface area contributed by atoms with Crippen molar-refractivity contribution in [2.24, 2.45) is 0 Å². The second kappa shape index (κ2) is 35.4. The summed E-state index contributed by atoms with van der Waals surface area (Å²) < 4.78 is 33.4. The summed E-state index contributed by atoms with van der Waals surface area (Å²) in [6.07, 6.45) is 27.4. The Morgan fingerprint density at radius 3 is 1.46 bits per heavy atom. The molecule has 0 saturated heterocycles. The quantitative estimate of drug-likeness (QED) is 0.0152. The highest BCUT2D eigenvalue weighted by molar-refractivity contribution is 7.47. The first-order chi connectivity index (χ1) is 28.4. The highest BCUT2D eigenvalue weighted by atomic mass is 31.2. The lowest BCUT2D eigenvalue weighted by molar-refractivity contribution is -0.220. The summed E-state index contributed by atoms with van der Waals surface area (Å²) >= 11 is 0. The van der Waals surface area contributed by atoms with Crippen LogP contribution in [0.5, 0.6) is 0 Å². The van der Waals surface area contributed by atoms with Gasteiger partial charge in [-0.25, -0.2) is 4.57 Å². The number of aliphatic hydroxyl groups is 5. The zero-order valence-corrected chi connectivity index (χ0v) is 36.9. The lowest BCUT2D eigenvalue weighted by atomic mass is 9.85. The number of ether oxygens (including phenoxy) is 2. The van der Waals surface area contributed by atoms with E-state index in [1.807, 2.05) is 0 Å². The molecule has 59 heavy (non-hydrogen) atoms. The van der Waals surface area contributed by atoms with E-state index < -0.39 is 75.7 Å². The average molecular weight is 859 g/mol. The van der Waals surface area contributed by atoms with E-state index in [-0.39, 0.29) is 12.8 Å². The number of phosphoric ester groups is 1. The number of hydrogen-bond acceptors (Lipinski definition) is 12. The van der Waals surface area contributed by atoms with Crippen molar-refractivity contribution in [1.82, 2.24) is 0 Å². The number of hydrogen-bond donors (Lipinski definition) is 6. The molecule has 0 aromatic heterocycles. The summed E-state index contributed by atoms with van der Waals surface area (Å²) in [6.45, 7) is 3.22. The smallest absolute Gasteiger partial charge is 0.462 e. The maximum atomic E-state index is 12.8. The SMILES string of the molecule is CCCCC/C=C/C/C=C/C/C=C/CCCCCCC(=O)O[C@H](COC(=O)CCCCC/C=C/CCCCCCCC)COP(=O)(O)OC1C(O)C(O)C(O)[C@H](O)C1O. The molecule has 0 aromatic carbocycles. The highest BCUT2D eigenvalue weighted by Crippen LogP contribution is 2.47. The van der Waals surface area contributed by atoms with E-state index in [2.05, 4.69) is 62.5 Å². The molecule has 0 amide bonds. The Bertz CT molecular complexity index is 1220. The van der Waals surface area contributed by atoms with Crippen LogP contribution in [0.1, 0.15) is 168 Å². The van der Waals surface area contributed by atoms with Crippen LogP contribution in [0.25, 0.3) is 0 Å². The van der Waals surface area contributed by atoms with Gasteiger partial charge in [0, 0.05) is 12.8 Å². The first kappa shape index (κ1) is 54.8. The lowest BCUT2D eigenvalue weighted by Gasteiger charge is -2.41. The third kappa shape index (κ3) is 28.1. The monoisotopic (exact) mass is 859 g/mol. The Hall–Kier alpha value is -2.19. The molecule has 1 saturated carbocycles. The van der Waals surface area contributed by atoms with Gasteiger partial charge in [0.25, 0.3) is 0 Å². The van der Waals surface area contributed by atoms with Crippen molar-refractivity contribution in [1.29, 1.82) is 0 Å². The molecule has 0 radical (unpaired) electrons. The molecule has 1 aliphatic rings. The van der Waals surface area contributed by atoms with Crippen LogP contribution in [-0.4, -0.2) is 98.3 Å². The van der Waals surface area contributed by atoms with Gasteiger partial charge in [0.2, 0.25) is 0 Å². The maximum absolute atomic E-state index is 12.8. The van der Waals surface area contributed by atoms with E-state index in [1.54, 1.807) is 0 Å². The van der Waals surface area contributed by atoms with Crippen LogP contribution < -0.4 is 0 Å². The highest BCUT2D eigenvalue weighted by Gasteiger charge is 2.51. The van der Waals surface area contributed by atoms with Crippen LogP contribution in [-0.2, 0) is 32.7 Å². The Labute approximate surface area is 354 Å². The van der Waals surface area contributed by atoms with Crippen LogP contribution in [0, 0.1) is 0 Å². The first-order valence-electron chi connectivity index (χ1n) is 22.4. The van der Waals surface area contributed by atoms with Gasteiger partial charge < -0.3 is 39.9 Å². The van der Waals surface area contributed by atoms with Crippen molar-refractivity contribution in [3.05, 3.63) is 48.6 Å². The van der Waals surface area contributed by atoms with E-state index in [1.165, 1.54) is 57.8 Å². The van der Waals surface area contributed by atoms with E-state index >= 15 is 0 Å². The molecule has 0 aliphatic heterocycles. The zero-order chi connectivity index (χ0) is 43.6. The molecule has 1 aliphatic carbocycles. The van der Waals surface area contributed by atoms with Gasteiger partial charge in [-0.3, -0.25) is 18.6 Å². The lowest BCUT2D eigenvalue weighted by Crippen LogP contribution is -2.64. The summed E-state index contributed by atoms with van der Waals surface area (Å²) in [6, 6.07) is 0. The van der Waals surface area contributed by atoms with Crippen molar-refractivity contribution < 1.29 is 63.1 Å². The van der Waals surface area contributed by atoms with Gasteiger partial charge in [0.15, 0.2) is 6.10 Å². The number of allylic oxidation sites excluding steroid dienone is 8. The first-order valence-corrected chi connectivity index (χ1v) is 23.9. The van der Waals surface area contributed by atoms with E-state index in [0.717, 1.165) is 70.6 Å². The molecule has 1 rings (SSSR count). The summed E-state index contributed by atoms with van der Waals surface area (Å²) in [7, 11) is -5.13. The summed E-state index contributed by atoms with van der Waals surface area (Å²) in [5.41, 5.74) is 0. The summed E-state index contributed by atoms with van der Waals surface area (Å²) in [5, 5.41) is 50.1. The minimum absolute atomic E-state index is 0.0668. The van der Waals surface area contributed by atoms with Gasteiger partial charge in [-0.15, -0.1) is 0 Å². The maximum Gasteiger partial charge on any atom is 0.472 e. The third-order valence-electron chi connectivity index (χ3n) is 10.1. The second-order valence-electron chi connectivity index (χ2n) is 15.5. The van der Waals surface area contributed by atoms with Gasteiger partial charge >= 0.3 is 19.8 Å². The van der Waals surface area contributed by atoms with Crippen molar-refractivity contribution >= 4 is 19.8 Å². The van der Waals surface area contributed by atoms with E-state index in [0.29, 0.717) is 12.8 Å². The molecular formula is C45H79O13P. The molecule has 13 nitrogen and oxygen atoms in total. The van der Waals surface area contributed by atoms with Gasteiger partial charge in [-0.05, 0) is 77.0 Å². The molecular weight excluding hydrogens is 779 g/mol. The summed E-state index contributed by atoms with van der Waals surface area (Å²) in [5.74, 6) is -1.15. The molecule has 1 fully saturated rings. The fraction of sp³-hybridized carbons (Fsp3) is 0.778. The third-order valence-corrected chi connectivity index (χ3v) is 11.1. The fourth-order valence-corrected chi connectivity index (χ4v) is 7.44. The standard InChI is InChI=1S/C45H79O13P/c1-3-5-7-9-11-13-15-17-18-19-20-22-24-26-28-30-32-34-39(47)57-37(36-56-59(53,54)58-45-43(51)41(49)40(48)42(50)44(45)52)35-55-38(46)33-31-29-27-25-23-21-16-14-12-10-8-6-4-2/h11,13,17-18,20-23,37,40-45,48-52H,3-10,12,14-16,19,24-36H2,1-2H3,(H,53,54)/b13-11+,18-17+,22-20+,23-21+/t37-,40?,41+,42?,43?,44?,45?/m1/s1. The molecule has 14 heteroatoms. The topological polar surface area (TPSA) is 210 Å². The minimum Gasteiger partial charge on any atom is -0.462 e. The molecule has 342 valence electrons. The molecule has 0 aromatic rings. The Morgan fingerprint density at radius 1 is 0.525 bits per heavy atom. The molecule has 6 unspecified atom stereocenters. The predicted octanol–water partition coefficient (Wildman–Crippen LogP) is 8.39. The minimum atomic E-state index is -5.13. The molecule has 0 bridgehead atoms. The van der Waals surface area contributed by atoms with Crippen LogP contribution in [0.15, 0.2) is 48.6 Å². The van der Waals surface area contributed by atoms with Crippen molar-refractivity contribution in [2.75, 3.05) is 13.2 Å². The van der Waals surface area contributed by atoms with Crippen molar-refractivity contribution in [2.45, 2.75) is 211 Å². The zero-order valence-electron chi connectivity index (χ0n) is 36.0. The number of phosphoric acid groups is 1. The fourth-order valence-electron chi connectivity index (χ4n) is 6.46. The molecule has 0 heterocycles. The number of unbranched alkanes of at least 4 members (excludes halogenated alkanes) is 16. The van der Waals surface area contributed by atoms with Gasteiger partial charge in [0.05, 0.1) is 6.61 Å². The number of rotatable bonds is 36. The number of aliphatic hydroxyl groups excluding tert-OH is 5. The Kier molecular flexibility index (Phi) is 32.9. The van der Waals surface area contributed by atoms with Crippen LogP contribution in [0.3, 0.4) is 0 Å². The van der Waals surface area contributed by atoms with Crippen LogP contribution in [0.4, 0.5) is 0 Å². The molecule has 8 atom stereocenters. The van der Waals surface area contributed by atoms with Crippen molar-refractivity contribution in [3.8, 4) is 0 Å². The molecule has 0 spiro atoms. The van der Waals surface area contributed by atoms with Gasteiger partial charge in [-0.2, -0.15) is 0 Å². The normalized spacial score (nSPS) is 22.8.